The molecule has 1 atom stereocenters. The molecular weight excluding hydrogens is 268 g/mol. The molecular formula is C12H20N2O6. The minimum absolute atomic E-state index is 0.156. The minimum atomic E-state index is -1.26. The van der Waals surface area contributed by atoms with Crippen LogP contribution in [0.25, 0.3) is 0 Å². The molecule has 1 aliphatic heterocycles. The van der Waals surface area contributed by atoms with Crippen molar-refractivity contribution in [2.75, 3.05) is 19.7 Å². The third kappa shape index (κ3) is 5.43. The van der Waals surface area contributed by atoms with Gasteiger partial charge in [0.05, 0.1) is 5.60 Å². The summed E-state index contributed by atoms with van der Waals surface area (Å²) >= 11 is 0. The van der Waals surface area contributed by atoms with Crippen LogP contribution in [-0.2, 0) is 14.3 Å². The smallest absolute Gasteiger partial charge is 0.323 e. The van der Waals surface area contributed by atoms with Gasteiger partial charge < -0.3 is 25.2 Å². The Balaban J connectivity index is 2.60. The molecule has 1 heterocycles. The van der Waals surface area contributed by atoms with Crippen molar-refractivity contribution in [3.05, 3.63) is 0 Å². The molecule has 0 aliphatic carbocycles. The summed E-state index contributed by atoms with van der Waals surface area (Å²) in [5.41, 5.74) is -0.360. The molecule has 1 unspecified atom stereocenters. The van der Waals surface area contributed by atoms with Crippen LogP contribution < -0.4 is 5.32 Å². The average Bonchev–Trinajstić information content (AvgIpc) is 2.25. The van der Waals surface area contributed by atoms with Gasteiger partial charge in [-0.3, -0.25) is 9.59 Å². The van der Waals surface area contributed by atoms with Gasteiger partial charge in [0, 0.05) is 12.6 Å². The van der Waals surface area contributed by atoms with Crippen LogP contribution in [0.1, 0.15) is 26.7 Å². The van der Waals surface area contributed by atoms with Crippen LogP contribution in [-0.4, -0.2) is 64.4 Å². The molecule has 3 N–H and O–H groups in total. The SMILES string of the molecule is CC1(C)CC(NC(=O)N(CC(=O)O)CC(=O)O)CCO1. The van der Waals surface area contributed by atoms with Crippen molar-refractivity contribution in [1.29, 1.82) is 0 Å². The van der Waals surface area contributed by atoms with E-state index in [1.165, 1.54) is 0 Å². The van der Waals surface area contributed by atoms with Gasteiger partial charge in [-0.15, -0.1) is 0 Å². The predicted octanol–water partition coefficient (Wildman–Crippen LogP) is 0.125. The molecule has 0 spiro atoms. The van der Waals surface area contributed by atoms with Crippen molar-refractivity contribution in [1.82, 2.24) is 10.2 Å². The maximum absolute atomic E-state index is 11.9. The van der Waals surface area contributed by atoms with E-state index in [0.29, 0.717) is 19.4 Å². The number of aliphatic carboxylic acids is 2. The maximum Gasteiger partial charge on any atom is 0.323 e. The van der Waals surface area contributed by atoms with Crippen molar-refractivity contribution >= 4 is 18.0 Å². The van der Waals surface area contributed by atoms with E-state index in [1.807, 2.05) is 13.8 Å². The number of nitrogens with zero attached hydrogens (tertiary/aromatic N) is 1. The van der Waals surface area contributed by atoms with E-state index in [9.17, 15) is 14.4 Å². The van der Waals surface area contributed by atoms with Gasteiger partial charge in [-0.2, -0.15) is 0 Å². The van der Waals surface area contributed by atoms with Crippen LogP contribution in [0.4, 0.5) is 4.79 Å². The van der Waals surface area contributed by atoms with Crippen LogP contribution >= 0.6 is 0 Å². The van der Waals surface area contributed by atoms with Gasteiger partial charge in [-0.25, -0.2) is 4.79 Å². The molecule has 8 heteroatoms. The third-order valence-corrected chi connectivity index (χ3v) is 2.96. The monoisotopic (exact) mass is 288 g/mol. The topological polar surface area (TPSA) is 116 Å². The minimum Gasteiger partial charge on any atom is -0.480 e. The van der Waals surface area contributed by atoms with E-state index in [4.69, 9.17) is 14.9 Å². The second kappa shape index (κ2) is 6.56. The molecule has 1 aliphatic rings. The number of urea groups is 1. The Bertz CT molecular complexity index is 379. The number of ether oxygens (including phenoxy) is 1. The molecule has 0 aromatic rings. The summed E-state index contributed by atoms with van der Waals surface area (Å²) in [6.45, 7) is 3.00. The number of nitrogens with one attached hydrogen (secondary N) is 1. The lowest BCUT2D eigenvalue weighted by atomic mass is 9.94. The van der Waals surface area contributed by atoms with Gasteiger partial charge in [0.15, 0.2) is 0 Å². The largest absolute Gasteiger partial charge is 0.480 e. The van der Waals surface area contributed by atoms with Crippen molar-refractivity contribution < 1.29 is 29.3 Å². The molecule has 0 aromatic heterocycles. The molecule has 0 radical (unpaired) electrons. The zero-order valence-corrected chi connectivity index (χ0v) is 11.6. The highest BCUT2D eigenvalue weighted by molar-refractivity contribution is 5.84. The fourth-order valence-corrected chi connectivity index (χ4v) is 2.15. The summed E-state index contributed by atoms with van der Waals surface area (Å²) in [6, 6.07) is -0.839. The molecule has 0 aromatic carbocycles. The Morgan fingerprint density at radius 3 is 2.25 bits per heavy atom. The molecule has 114 valence electrons. The molecule has 20 heavy (non-hydrogen) atoms. The normalized spacial score (nSPS) is 21.0. The highest BCUT2D eigenvalue weighted by atomic mass is 16.5. The van der Waals surface area contributed by atoms with Gasteiger partial charge in [-0.05, 0) is 26.7 Å². The number of rotatable bonds is 5. The highest BCUT2D eigenvalue weighted by Gasteiger charge is 2.31. The van der Waals surface area contributed by atoms with Crippen molar-refractivity contribution in [3.63, 3.8) is 0 Å². The first kappa shape index (κ1) is 16.2. The second-order valence-corrected chi connectivity index (χ2v) is 5.39. The average molecular weight is 288 g/mol. The number of hydrogen-bond acceptors (Lipinski definition) is 4. The first-order valence-electron chi connectivity index (χ1n) is 6.32. The fourth-order valence-electron chi connectivity index (χ4n) is 2.15. The van der Waals surface area contributed by atoms with Crippen LogP contribution in [0.2, 0.25) is 0 Å². The van der Waals surface area contributed by atoms with E-state index in [0.717, 1.165) is 4.90 Å². The zero-order valence-electron chi connectivity index (χ0n) is 11.6. The van der Waals surface area contributed by atoms with Gasteiger partial charge in [0.2, 0.25) is 0 Å². The van der Waals surface area contributed by atoms with E-state index in [1.54, 1.807) is 0 Å². The first-order chi connectivity index (χ1) is 9.19. The standard InChI is InChI=1S/C12H20N2O6/c1-12(2)5-8(3-4-20-12)13-11(19)14(6-9(15)16)7-10(17)18/h8H,3-7H2,1-2H3,(H,13,19)(H,15,16)(H,17,18). The summed E-state index contributed by atoms with van der Waals surface area (Å²) in [5, 5.41) is 20.1. The lowest BCUT2D eigenvalue weighted by molar-refractivity contribution is -0.140. The number of carboxylic acid groups (broad SMARTS) is 2. The van der Waals surface area contributed by atoms with E-state index < -0.39 is 31.1 Å². The summed E-state index contributed by atoms with van der Waals surface area (Å²) in [5.74, 6) is -2.51. The van der Waals surface area contributed by atoms with E-state index in [2.05, 4.69) is 5.32 Å². The first-order valence-corrected chi connectivity index (χ1v) is 6.32. The summed E-state index contributed by atoms with van der Waals surface area (Å²) in [7, 11) is 0. The summed E-state index contributed by atoms with van der Waals surface area (Å²) in [6.07, 6.45) is 1.20. The molecule has 0 bridgehead atoms. The zero-order chi connectivity index (χ0) is 15.3. The van der Waals surface area contributed by atoms with Crippen LogP contribution in [0.5, 0.6) is 0 Å². The van der Waals surface area contributed by atoms with Crippen LogP contribution in [0.3, 0.4) is 0 Å². The predicted molar refractivity (Wildman–Crippen MR) is 68.4 cm³/mol. The maximum atomic E-state index is 11.9. The van der Waals surface area contributed by atoms with E-state index in [-0.39, 0.29) is 11.6 Å². The van der Waals surface area contributed by atoms with Crippen LogP contribution in [0.15, 0.2) is 0 Å². The van der Waals surface area contributed by atoms with Crippen LogP contribution in [0, 0.1) is 0 Å². The van der Waals surface area contributed by atoms with Gasteiger partial charge in [-0.1, -0.05) is 0 Å². The lowest BCUT2D eigenvalue weighted by Crippen LogP contribution is -2.52. The van der Waals surface area contributed by atoms with E-state index >= 15 is 0 Å². The summed E-state index contributed by atoms with van der Waals surface area (Å²) in [4.78, 5) is 34.0. The Kier molecular flexibility index (Phi) is 5.32. The number of carboxylic acids is 2. The number of hydrogen-bond donors (Lipinski definition) is 3. The third-order valence-electron chi connectivity index (χ3n) is 2.96. The molecule has 8 nitrogen and oxygen atoms in total. The van der Waals surface area contributed by atoms with Gasteiger partial charge >= 0.3 is 18.0 Å². The Hall–Kier alpha value is -1.83. The van der Waals surface area contributed by atoms with Gasteiger partial charge in [0.25, 0.3) is 0 Å². The molecule has 1 rings (SSSR count). The molecule has 1 saturated heterocycles. The Morgan fingerprint density at radius 1 is 1.25 bits per heavy atom. The number of amides is 2. The summed E-state index contributed by atoms with van der Waals surface area (Å²) < 4.78 is 5.51. The quantitative estimate of drug-likeness (QED) is 0.662. The van der Waals surface area contributed by atoms with Crippen molar-refractivity contribution in [2.24, 2.45) is 0 Å². The Labute approximate surface area is 116 Å². The molecule has 2 amide bonds. The van der Waals surface area contributed by atoms with Crippen molar-refractivity contribution in [2.45, 2.75) is 38.3 Å². The molecule has 1 fully saturated rings. The lowest BCUT2D eigenvalue weighted by Gasteiger charge is -2.36. The number of carbonyl (C=O) groups is 3. The number of carbonyl (C=O) groups excluding carboxylic acids is 1. The molecule has 0 saturated carbocycles. The highest BCUT2D eigenvalue weighted by Crippen LogP contribution is 2.23. The Morgan fingerprint density at radius 2 is 1.80 bits per heavy atom. The second-order valence-electron chi connectivity index (χ2n) is 5.39. The van der Waals surface area contributed by atoms with Crippen molar-refractivity contribution in [3.8, 4) is 0 Å². The fraction of sp³-hybridized carbons (Fsp3) is 0.750. The van der Waals surface area contributed by atoms with Gasteiger partial charge in [0.1, 0.15) is 13.1 Å².